The molecule has 3 rings (SSSR count). The van der Waals surface area contributed by atoms with Gasteiger partial charge in [-0.2, -0.15) is 0 Å². The van der Waals surface area contributed by atoms with Gasteiger partial charge in [-0.05, 0) is 29.8 Å². The van der Waals surface area contributed by atoms with E-state index in [1.54, 1.807) is 30.3 Å². The Labute approximate surface area is 200 Å². The first-order chi connectivity index (χ1) is 16.7. The molecule has 0 saturated carbocycles. The van der Waals surface area contributed by atoms with Gasteiger partial charge in [0.2, 0.25) is 5.91 Å². The zero-order chi connectivity index (χ0) is 25.4. The van der Waals surface area contributed by atoms with Crippen LogP contribution in [-0.4, -0.2) is 70.8 Å². The molecule has 0 fully saturated rings. The van der Waals surface area contributed by atoms with Crippen LogP contribution in [0, 0.1) is 0 Å². The van der Waals surface area contributed by atoms with Crippen LogP contribution < -0.4 is 21.3 Å². The molecule has 2 unspecified atom stereocenters. The summed E-state index contributed by atoms with van der Waals surface area (Å²) >= 11 is 0. The number of carboxylic acid groups (broad SMARTS) is 2. The number of anilines is 1. The summed E-state index contributed by atoms with van der Waals surface area (Å²) in [5.41, 5.74) is 0.848. The maximum absolute atomic E-state index is 12.5. The van der Waals surface area contributed by atoms with Crippen LogP contribution in [0.2, 0.25) is 0 Å². The third-order valence-corrected chi connectivity index (χ3v) is 5.04. The summed E-state index contributed by atoms with van der Waals surface area (Å²) in [6.45, 7) is 0.152. The fourth-order valence-corrected chi connectivity index (χ4v) is 3.41. The molecule has 0 saturated heterocycles. The zero-order valence-electron chi connectivity index (χ0n) is 18.5. The number of carbonyl (C=O) groups is 4. The number of aromatic carboxylic acids is 1. The first-order valence-electron chi connectivity index (χ1n) is 10.7. The highest BCUT2D eigenvalue weighted by atomic mass is 16.4. The van der Waals surface area contributed by atoms with Crippen LogP contribution in [0.15, 0.2) is 53.5 Å². The Morgan fingerprint density at radius 1 is 1.09 bits per heavy atom. The number of guanidine groups is 1. The zero-order valence-corrected chi connectivity index (χ0v) is 18.5. The van der Waals surface area contributed by atoms with E-state index in [0.717, 1.165) is 0 Å². The minimum atomic E-state index is -1.25. The SMILES string of the molecule is O=C(O)CC(NC(=O)CNC(=O)c1cccc(NC2=NCC(O)CN2)c1)c1ccccc1C(=O)O. The second-order valence-corrected chi connectivity index (χ2v) is 7.72. The molecule has 1 heterocycles. The van der Waals surface area contributed by atoms with Crippen molar-refractivity contribution in [2.24, 2.45) is 4.99 Å². The van der Waals surface area contributed by atoms with E-state index in [-0.39, 0.29) is 23.2 Å². The Hall–Kier alpha value is -4.45. The molecule has 0 spiro atoms. The van der Waals surface area contributed by atoms with Gasteiger partial charge < -0.3 is 36.6 Å². The highest BCUT2D eigenvalue weighted by Gasteiger charge is 2.23. The largest absolute Gasteiger partial charge is 0.481 e. The standard InChI is InChI=1S/C23H25N5O7/c29-15-10-25-23(26-11-15)27-14-5-3-4-13(8-14)21(33)24-12-19(30)28-18(9-20(31)32)16-6-1-2-7-17(16)22(34)35/h1-8,15,18,29H,9-12H2,(H,24,33)(H,28,30)(H,31,32)(H,34,35)(H2,25,26,27). The van der Waals surface area contributed by atoms with Crippen molar-refractivity contribution < 1.29 is 34.5 Å². The number of benzene rings is 2. The van der Waals surface area contributed by atoms with E-state index in [2.05, 4.69) is 26.3 Å². The van der Waals surface area contributed by atoms with Crippen LogP contribution >= 0.6 is 0 Å². The molecular weight excluding hydrogens is 458 g/mol. The minimum Gasteiger partial charge on any atom is -0.481 e. The van der Waals surface area contributed by atoms with Gasteiger partial charge in [0.15, 0.2) is 5.96 Å². The third-order valence-electron chi connectivity index (χ3n) is 5.04. The summed E-state index contributed by atoms with van der Waals surface area (Å²) in [7, 11) is 0. The molecule has 1 aliphatic heterocycles. The fraction of sp³-hybridized carbons (Fsp3) is 0.261. The van der Waals surface area contributed by atoms with Gasteiger partial charge in [0.1, 0.15) is 0 Å². The first kappa shape index (κ1) is 25.2. The summed E-state index contributed by atoms with van der Waals surface area (Å²) in [6, 6.07) is 11.2. The molecule has 1 aliphatic rings. The molecule has 0 bridgehead atoms. The maximum Gasteiger partial charge on any atom is 0.336 e. The quantitative estimate of drug-likeness (QED) is 0.261. The van der Waals surface area contributed by atoms with Crippen molar-refractivity contribution in [2.45, 2.75) is 18.6 Å². The molecule has 0 aliphatic carbocycles. The molecule has 2 amide bonds. The van der Waals surface area contributed by atoms with E-state index in [4.69, 9.17) is 0 Å². The van der Waals surface area contributed by atoms with E-state index < -0.39 is 48.9 Å². The Morgan fingerprint density at radius 2 is 1.86 bits per heavy atom. The molecule has 184 valence electrons. The monoisotopic (exact) mass is 483 g/mol. The van der Waals surface area contributed by atoms with Crippen LogP contribution in [0.5, 0.6) is 0 Å². The number of aliphatic carboxylic acids is 1. The smallest absolute Gasteiger partial charge is 0.336 e. The molecule has 0 aromatic heterocycles. The molecule has 12 heteroatoms. The Morgan fingerprint density at radius 3 is 2.54 bits per heavy atom. The van der Waals surface area contributed by atoms with Crippen molar-refractivity contribution in [3.63, 3.8) is 0 Å². The average molecular weight is 483 g/mol. The van der Waals surface area contributed by atoms with Crippen molar-refractivity contribution in [1.29, 1.82) is 0 Å². The van der Waals surface area contributed by atoms with E-state index in [1.807, 2.05) is 0 Å². The van der Waals surface area contributed by atoms with Crippen molar-refractivity contribution >= 4 is 35.4 Å². The van der Waals surface area contributed by atoms with E-state index in [9.17, 15) is 34.5 Å². The van der Waals surface area contributed by atoms with Crippen molar-refractivity contribution in [1.82, 2.24) is 16.0 Å². The number of nitrogens with zero attached hydrogens (tertiary/aromatic N) is 1. The number of hydrogen-bond donors (Lipinski definition) is 7. The number of aliphatic hydroxyl groups is 1. The lowest BCUT2D eigenvalue weighted by atomic mass is 9.98. The van der Waals surface area contributed by atoms with Crippen LogP contribution in [0.4, 0.5) is 5.69 Å². The van der Waals surface area contributed by atoms with Crippen LogP contribution in [-0.2, 0) is 9.59 Å². The number of hydrogen-bond acceptors (Lipinski definition) is 8. The van der Waals surface area contributed by atoms with Crippen molar-refractivity contribution in [2.75, 3.05) is 25.0 Å². The summed E-state index contributed by atoms with van der Waals surface area (Å²) in [6.07, 6.45) is -1.09. The van der Waals surface area contributed by atoms with Gasteiger partial charge in [-0.1, -0.05) is 24.3 Å². The van der Waals surface area contributed by atoms with Gasteiger partial charge in [-0.15, -0.1) is 0 Å². The Kier molecular flexibility index (Phi) is 8.35. The Bertz CT molecular complexity index is 1150. The van der Waals surface area contributed by atoms with Crippen molar-refractivity contribution in [3.05, 3.63) is 65.2 Å². The number of β-amino-alcohol motifs (C(OH)–C–C–N with tert-alkyl or cyclic N) is 1. The number of rotatable bonds is 9. The fourth-order valence-electron chi connectivity index (χ4n) is 3.41. The lowest BCUT2D eigenvalue weighted by molar-refractivity contribution is -0.137. The number of nitrogens with one attached hydrogen (secondary N) is 4. The second-order valence-electron chi connectivity index (χ2n) is 7.72. The molecule has 12 nitrogen and oxygen atoms in total. The summed E-state index contributed by atoms with van der Waals surface area (Å²) in [5, 5.41) is 38.9. The van der Waals surface area contributed by atoms with E-state index in [0.29, 0.717) is 18.2 Å². The number of aliphatic imine (C=N–C) groups is 1. The van der Waals surface area contributed by atoms with Gasteiger partial charge >= 0.3 is 11.9 Å². The lowest BCUT2D eigenvalue weighted by Gasteiger charge is -2.20. The number of aliphatic hydroxyl groups excluding tert-OH is 1. The second kappa shape index (κ2) is 11.6. The maximum atomic E-state index is 12.5. The Balaban J connectivity index is 1.61. The normalized spacial score (nSPS) is 15.7. The summed E-state index contributed by atoms with van der Waals surface area (Å²) in [5.74, 6) is -3.25. The van der Waals surface area contributed by atoms with Gasteiger partial charge in [0.25, 0.3) is 5.91 Å². The van der Waals surface area contributed by atoms with Gasteiger partial charge in [0, 0.05) is 17.8 Å². The molecule has 35 heavy (non-hydrogen) atoms. The summed E-state index contributed by atoms with van der Waals surface area (Å²) < 4.78 is 0. The van der Waals surface area contributed by atoms with E-state index in [1.165, 1.54) is 18.2 Å². The van der Waals surface area contributed by atoms with Gasteiger partial charge in [-0.25, -0.2) is 4.79 Å². The minimum absolute atomic E-state index is 0.126. The predicted molar refractivity (Wildman–Crippen MR) is 125 cm³/mol. The molecule has 2 atom stereocenters. The average Bonchev–Trinajstić information content (AvgIpc) is 2.83. The summed E-state index contributed by atoms with van der Waals surface area (Å²) in [4.78, 5) is 51.9. The van der Waals surface area contributed by atoms with Gasteiger partial charge in [0.05, 0.1) is 37.2 Å². The lowest BCUT2D eigenvalue weighted by Crippen LogP contribution is -2.42. The van der Waals surface area contributed by atoms with Crippen molar-refractivity contribution in [3.8, 4) is 0 Å². The molecule has 2 aromatic rings. The highest BCUT2D eigenvalue weighted by Crippen LogP contribution is 2.21. The van der Waals surface area contributed by atoms with E-state index >= 15 is 0 Å². The number of amides is 2. The number of carboxylic acids is 2. The third kappa shape index (κ3) is 7.27. The van der Waals surface area contributed by atoms with Gasteiger partial charge in [-0.3, -0.25) is 19.4 Å². The predicted octanol–water partition coefficient (Wildman–Crippen LogP) is 0.179. The highest BCUT2D eigenvalue weighted by molar-refractivity contribution is 5.99. The van der Waals surface area contributed by atoms with Crippen LogP contribution in [0.1, 0.15) is 38.7 Å². The molecule has 7 N–H and O–H groups in total. The number of carbonyl (C=O) groups excluding carboxylic acids is 2. The molecule has 2 aromatic carbocycles. The van der Waals surface area contributed by atoms with Crippen LogP contribution in [0.3, 0.4) is 0 Å². The first-order valence-corrected chi connectivity index (χ1v) is 10.7. The van der Waals surface area contributed by atoms with Crippen LogP contribution in [0.25, 0.3) is 0 Å². The topological polar surface area (TPSA) is 189 Å². The molecular formula is C23H25N5O7. The molecule has 0 radical (unpaired) electrons.